The molecule has 0 aliphatic heterocycles. The van der Waals surface area contributed by atoms with Gasteiger partial charge in [-0.3, -0.25) is 0 Å². The van der Waals surface area contributed by atoms with Gasteiger partial charge in [-0.05, 0) is 25.7 Å². The minimum Gasteiger partial charge on any atom is -0.234 e. The monoisotopic (exact) mass is 658 g/mol. The Morgan fingerprint density at radius 2 is 0.660 bits per heavy atom. The lowest BCUT2D eigenvalue weighted by Gasteiger charge is -2.07. The van der Waals surface area contributed by atoms with Crippen molar-refractivity contribution in [1.82, 2.24) is 4.57 Å². The van der Waals surface area contributed by atoms with Crippen molar-refractivity contribution in [2.45, 2.75) is 271 Å². The fraction of sp³-hybridized carbons (Fsp3) is 0.933. The highest BCUT2D eigenvalue weighted by molar-refractivity contribution is 4.84. The molecule has 0 spiro atoms. The van der Waals surface area contributed by atoms with Gasteiger partial charge in [0, 0.05) is 6.42 Å². The Morgan fingerprint density at radius 3 is 1.00 bits per heavy atom. The summed E-state index contributed by atoms with van der Waals surface area (Å²) in [6.45, 7) is 9.38. The number of unbranched alkanes of at least 4 members (excludes halogenated alkanes) is 33. The van der Waals surface area contributed by atoms with Crippen LogP contribution in [0, 0.1) is 0 Å². The summed E-state index contributed by atoms with van der Waals surface area (Å²) in [7, 11) is 0. The highest BCUT2D eigenvalue weighted by Gasteiger charge is 2.16. The van der Waals surface area contributed by atoms with E-state index < -0.39 is 0 Å². The third-order valence-corrected chi connectivity index (χ3v) is 10.8. The standard InChI is InChI=1S/C45H89N2/c1-4-7-10-12-14-16-18-20-22-24-26-28-30-32-34-36-38-40-45-46(41-9-6-3)43-44-47(45)42-39-37-35-33-31-29-27-25-23-21-19-17-15-13-11-8-5-2/h43-44H,4-42H2,1-3H3/q+1. The van der Waals surface area contributed by atoms with Gasteiger partial charge in [0.1, 0.15) is 12.4 Å². The Kier molecular flexibility index (Phi) is 34.3. The molecule has 0 saturated heterocycles. The maximum absolute atomic E-state index is 2.62. The van der Waals surface area contributed by atoms with Gasteiger partial charge >= 0.3 is 0 Å². The van der Waals surface area contributed by atoms with E-state index in [4.69, 9.17) is 0 Å². The Hall–Kier alpha value is -0.790. The van der Waals surface area contributed by atoms with Gasteiger partial charge in [0.05, 0.1) is 13.1 Å². The van der Waals surface area contributed by atoms with Crippen molar-refractivity contribution in [2.24, 2.45) is 0 Å². The molecule has 1 heterocycles. The van der Waals surface area contributed by atoms with Crippen LogP contribution < -0.4 is 4.57 Å². The third-order valence-electron chi connectivity index (χ3n) is 10.8. The molecule has 0 N–H and O–H groups in total. The predicted octanol–water partition coefficient (Wildman–Crippen LogP) is 15.4. The number of aromatic nitrogens is 2. The van der Waals surface area contributed by atoms with Gasteiger partial charge in [-0.15, -0.1) is 0 Å². The molecular formula is C45H89N2+. The molecular weight excluding hydrogens is 569 g/mol. The van der Waals surface area contributed by atoms with Gasteiger partial charge in [-0.1, -0.05) is 226 Å². The molecule has 0 unspecified atom stereocenters. The molecule has 0 amide bonds. The molecule has 2 heteroatoms. The van der Waals surface area contributed by atoms with Crippen molar-refractivity contribution in [3.63, 3.8) is 0 Å². The van der Waals surface area contributed by atoms with Crippen LogP contribution in [0.15, 0.2) is 12.4 Å². The number of aryl methyl sites for hydroxylation is 2. The van der Waals surface area contributed by atoms with Crippen molar-refractivity contribution < 1.29 is 4.57 Å². The molecule has 2 nitrogen and oxygen atoms in total. The maximum Gasteiger partial charge on any atom is 0.256 e. The first-order valence-electron chi connectivity index (χ1n) is 22.4. The van der Waals surface area contributed by atoms with E-state index >= 15 is 0 Å². The largest absolute Gasteiger partial charge is 0.256 e. The van der Waals surface area contributed by atoms with E-state index in [1.807, 2.05) is 0 Å². The van der Waals surface area contributed by atoms with Crippen LogP contribution in [0.3, 0.4) is 0 Å². The van der Waals surface area contributed by atoms with Crippen LogP contribution in [0.25, 0.3) is 0 Å². The summed E-state index contributed by atoms with van der Waals surface area (Å²) in [6, 6.07) is 0. The minimum atomic E-state index is 1.21. The van der Waals surface area contributed by atoms with E-state index in [2.05, 4.69) is 42.3 Å². The molecule has 0 bridgehead atoms. The summed E-state index contributed by atoms with van der Waals surface area (Å²) < 4.78 is 5.21. The van der Waals surface area contributed by atoms with Crippen LogP contribution in [0.5, 0.6) is 0 Å². The lowest BCUT2D eigenvalue weighted by Crippen LogP contribution is -2.37. The fourth-order valence-electron chi connectivity index (χ4n) is 7.54. The summed E-state index contributed by atoms with van der Waals surface area (Å²) in [5.41, 5.74) is 0. The zero-order chi connectivity index (χ0) is 33.7. The zero-order valence-electron chi connectivity index (χ0n) is 33.1. The van der Waals surface area contributed by atoms with Crippen molar-refractivity contribution in [3.05, 3.63) is 18.2 Å². The van der Waals surface area contributed by atoms with E-state index in [1.165, 1.54) is 251 Å². The van der Waals surface area contributed by atoms with Gasteiger partial charge in [0.15, 0.2) is 0 Å². The second kappa shape index (κ2) is 36.5. The second-order valence-corrected chi connectivity index (χ2v) is 15.5. The van der Waals surface area contributed by atoms with Gasteiger partial charge in [0.2, 0.25) is 0 Å². The molecule has 278 valence electrons. The second-order valence-electron chi connectivity index (χ2n) is 15.5. The number of rotatable bonds is 39. The fourth-order valence-corrected chi connectivity index (χ4v) is 7.54. The van der Waals surface area contributed by atoms with Crippen LogP contribution in [0.4, 0.5) is 0 Å². The molecule has 0 atom stereocenters. The Morgan fingerprint density at radius 1 is 0.362 bits per heavy atom. The highest BCUT2D eigenvalue weighted by Crippen LogP contribution is 2.16. The van der Waals surface area contributed by atoms with Crippen LogP contribution in [-0.2, 0) is 19.5 Å². The Labute approximate surface area is 298 Å². The first kappa shape index (κ1) is 44.2. The van der Waals surface area contributed by atoms with Crippen LogP contribution in [-0.4, -0.2) is 4.57 Å². The molecule has 1 aromatic rings. The molecule has 1 aromatic heterocycles. The smallest absolute Gasteiger partial charge is 0.234 e. The number of hydrogen-bond donors (Lipinski definition) is 0. The lowest BCUT2D eigenvalue weighted by molar-refractivity contribution is -0.704. The summed E-state index contributed by atoms with van der Waals surface area (Å²) in [6.07, 6.45) is 58.0. The maximum atomic E-state index is 2.62. The average molecular weight is 658 g/mol. The number of nitrogens with zero attached hydrogens (tertiary/aromatic N) is 2. The molecule has 0 saturated carbocycles. The van der Waals surface area contributed by atoms with Crippen molar-refractivity contribution in [2.75, 3.05) is 0 Å². The molecule has 0 radical (unpaired) electrons. The van der Waals surface area contributed by atoms with Crippen LogP contribution in [0.1, 0.15) is 258 Å². The normalized spacial score (nSPS) is 11.6. The van der Waals surface area contributed by atoms with E-state index in [1.54, 1.807) is 5.82 Å². The molecule has 0 fully saturated rings. The van der Waals surface area contributed by atoms with Gasteiger partial charge in [-0.2, -0.15) is 0 Å². The lowest BCUT2D eigenvalue weighted by atomic mass is 10.0. The SMILES string of the molecule is CCCCCCCCCCCCCCCCCCCc1n(CCCC)cc[n+]1CCCCCCCCCCCCCCCCCCC. The average Bonchev–Trinajstić information content (AvgIpc) is 3.47. The summed E-state index contributed by atoms with van der Waals surface area (Å²) in [4.78, 5) is 0. The van der Waals surface area contributed by atoms with Crippen molar-refractivity contribution >= 4 is 0 Å². The molecule has 47 heavy (non-hydrogen) atoms. The van der Waals surface area contributed by atoms with Crippen molar-refractivity contribution in [1.29, 1.82) is 0 Å². The van der Waals surface area contributed by atoms with Crippen LogP contribution >= 0.6 is 0 Å². The minimum absolute atomic E-state index is 1.21. The van der Waals surface area contributed by atoms with Gasteiger partial charge < -0.3 is 0 Å². The van der Waals surface area contributed by atoms with Gasteiger partial charge in [-0.25, -0.2) is 9.13 Å². The molecule has 1 rings (SSSR count). The topological polar surface area (TPSA) is 8.81 Å². The third kappa shape index (κ3) is 28.7. The van der Waals surface area contributed by atoms with E-state index in [9.17, 15) is 0 Å². The number of imidazole rings is 1. The van der Waals surface area contributed by atoms with E-state index in [0.717, 1.165) is 0 Å². The molecule has 0 aliphatic rings. The molecule has 0 aliphatic carbocycles. The summed E-state index contributed by atoms with van der Waals surface area (Å²) >= 11 is 0. The zero-order valence-corrected chi connectivity index (χ0v) is 33.1. The number of hydrogen-bond acceptors (Lipinski definition) is 0. The first-order valence-corrected chi connectivity index (χ1v) is 22.4. The quantitative estimate of drug-likeness (QED) is 0.0492. The summed E-state index contributed by atoms with van der Waals surface area (Å²) in [5, 5.41) is 0. The predicted molar refractivity (Wildman–Crippen MR) is 212 cm³/mol. The Balaban J connectivity index is 2.02. The highest BCUT2D eigenvalue weighted by atomic mass is 15.1. The summed E-state index contributed by atoms with van der Waals surface area (Å²) in [5.74, 6) is 1.61. The first-order chi connectivity index (χ1) is 23.3. The Bertz CT molecular complexity index is 722. The van der Waals surface area contributed by atoms with E-state index in [0.29, 0.717) is 0 Å². The van der Waals surface area contributed by atoms with Gasteiger partial charge in [0.25, 0.3) is 5.82 Å². The van der Waals surface area contributed by atoms with E-state index in [-0.39, 0.29) is 0 Å². The van der Waals surface area contributed by atoms with Crippen molar-refractivity contribution in [3.8, 4) is 0 Å². The molecule has 0 aromatic carbocycles. The van der Waals surface area contributed by atoms with Crippen LogP contribution in [0.2, 0.25) is 0 Å².